The summed E-state index contributed by atoms with van der Waals surface area (Å²) in [4.78, 5) is 18.6. The number of piperidine rings is 1. The Hall–Kier alpha value is -3.21. The Morgan fingerprint density at radius 1 is 1.10 bits per heavy atom. The van der Waals surface area contributed by atoms with Gasteiger partial charge in [-0.3, -0.25) is 0 Å². The minimum Gasteiger partial charge on any atom is -0.357 e. The van der Waals surface area contributed by atoms with E-state index in [1.165, 1.54) is 18.6 Å². The molecule has 0 radical (unpaired) electrons. The maximum absolute atomic E-state index is 12.7. The Bertz CT molecular complexity index is 928. The molecule has 1 aliphatic rings. The van der Waals surface area contributed by atoms with E-state index in [9.17, 15) is 18.0 Å². The number of amides is 2. The van der Waals surface area contributed by atoms with E-state index >= 15 is 0 Å². The van der Waals surface area contributed by atoms with Crippen LogP contribution >= 0.6 is 0 Å². The summed E-state index contributed by atoms with van der Waals surface area (Å²) in [6, 6.07) is 8.19. The molecule has 8 heteroatoms. The molecule has 30 heavy (non-hydrogen) atoms. The standard InChI is InChI=1S/C22H23F3N4O/c23-22(24,25)19-8-4-6-17(14-19)7-5-10-27-21(30)28-16-18-9-11-26-20(15-18)29-12-2-1-3-13-29/h4,6,8-9,11,14-15H,1-3,10,12-13,16H2,(H2,27,28,30). The third kappa shape index (κ3) is 6.41. The van der Waals surface area contributed by atoms with Gasteiger partial charge in [-0.05, 0) is 55.2 Å². The van der Waals surface area contributed by atoms with Gasteiger partial charge >= 0.3 is 12.2 Å². The normalized spacial score (nSPS) is 13.9. The summed E-state index contributed by atoms with van der Waals surface area (Å²) in [5.74, 6) is 6.20. The second-order valence-corrected chi connectivity index (χ2v) is 6.99. The maximum atomic E-state index is 12.7. The molecule has 1 aromatic heterocycles. The average Bonchev–Trinajstić information content (AvgIpc) is 2.76. The van der Waals surface area contributed by atoms with Crippen LogP contribution in [0.2, 0.25) is 0 Å². The predicted molar refractivity (Wildman–Crippen MR) is 109 cm³/mol. The van der Waals surface area contributed by atoms with E-state index in [1.807, 2.05) is 12.1 Å². The molecular weight excluding hydrogens is 393 g/mol. The lowest BCUT2D eigenvalue weighted by molar-refractivity contribution is -0.137. The first kappa shape index (κ1) is 21.5. The van der Waals surface area contributed by atoms with Crippen molar-refractivity contribution in [3.8, 4) is 11.8 Å². The Morgan fingerprint density at radius 2 is 1.90 bits per heavy atom. The van der Waals surface area contributed by atoms with Gasteiger partial charge < -0.3 is 15.5 Å². The van der Waals surface area contributed by atoms with Crippen molar-refractivity contribution in [3.63, 3.8) is 0 Å². The summed E-state index contributed by atoms with van der Waals surface area (Å²) in [6.45, 7) is 2.36. The minimum absolute atomic E-state index is 0.0252. The van der Waals surface area contributed by atoms with Crippen LogP contribution in [0.1, 0.15) is 36.0 Å². The minimum atomic E-state index is -4.41. The number of halogens is 3. The van der Waals surface area contributed by atoms with Gasteiger partial charge in [-0.25, -0.2) is 9.78 Å². The number of carbonyl (C=O) groups excluding carboxylic acids is 1. The molecule has 2 heterocycles. The number of rotatable bonds is 4. The van der Waals surface area contributed by atoms with Crippen molar-refractivity contribution in [1.82, 2.24) is 15.6 Å². The SMILES string of the molecule is O=C(NCC#Cc1cccc(C(F)(F)F)c1)NCc1ccnc(N2CCCCC2)c1. The highest BCUT2D eigenvalue weighted by Gasteiger charge is 2.30. The first-order valence-electron chi connectivity index (χ1n) is 9.79. The lowest BCUT2D eigenvalue weighted by Gasteiger charge is -2.27. The van der Waals surface area contributed by atoms with Crippen molar-refractivity contribution in [1.29, 1.82) is 0 Å². The second-order valence-electron chi connectivity index (χ2n) is 6.99. The number of nitrogens with zero attached hydrogens (tertiary/aromatic N) is 2. The average molecular weight is 416 g/mol. The molecule has 0 atom stereocenters. The van der Waals surface area contributed by atoms with Crippen LogP contribution in [0.3, 0.4) is 0 Å². The highest BCUT2D eigenvalue weighted by atomic mass is 19.4. The fraction of sp³-hybridized carbons (Fsp3) is 0.364. The summed E-state index contributed by atoms with van der Waals surface area (Å²) < 4.78 is 38.1. The van der Waals surface area contributed by atoms with E-state index < -0.39 is 17.8 Å². The molecule has 1 fully saturated rings. The van der Waals surface area contributed by atoms with E-state index in [-0.39, 0.29) is 12.1 Å². The van der Waals surface area contributed by atoms with Gasteiger partial charge in [0.2, 0.25) is 0 Å². The monoisotopic (exact) mass is 416 g/mol. The van der Waals surface area contributed by atoms with E-state index in [0.717, 1.165) is 49.4 Å². The molecule has 0 spiro atoms. The third-order valence-corrected chi connectivity index (χ3v) is 4.70. The number of urea groups is 1. The predicted octanol–water partition coefficient (Wildman–Crippen LogP) is 3.94. The van der Waals surface area contributed by atoms with Crippen LogP contribution in [0.25, 0.3) is 0 Å². The molecule has 0 bridgehead atoms. The first-order valence-corrected chi connectivity index (χ1v) is 9.79. The molecular formula is C22H23F3N4O. The van der Waals surface area contributed by atoms with Crippen LogP contribution in [0.15, 0.2) is 42.6 Å². The highest BCUT2D eigenvalue weighted by Crippen LogP contribution is 2.29. The van der Waals surface area contributed by atoms with Gasteiger partial charge in [-0.1, -0.05) is 17.9 Å². The Balaban J connectivity index is 1.45. The first-order chi connectivity index (χ1) is 14.4. The molecule has 1 aliphatic heterocycles. The van der Waals surface area contributed by atoms with Gasteiger partial charge in [0.05, 0.1) is 12.1 Å². The lowest BCUT2D eigenvalue weighted by Crippen LogP contribution is -2.35. The summed E-state index contributed by atoms with van der Waals surface area (Å²) in [7, 11) is 0. The number of anilines is 1. The van der Waals surface area contributed by atoms with Crippen molar-refractivity contribution in [2.75, 3.05) is 24.5 Å². The molecule has 2 N–H and O–H groups in total. The number of alkyl halides is 3. The van der Waals surface area contributed by atoms with E-state index in [4.69, 9.17) is 0 Å². The lowest BCUT2D eigenvalue weighted by atomic mass is 10.1. The van der Waals surface area contributed by atoms with Crippen molar-refractivity contribution in [2.24, 2.45) is 0 Å². The molecule has 1 aromatic carbocycles. The van der Waals surface area contributed by atoms with E-state index in [2.05, 4.69) is 32.4 Å². The number of benzene rings is 1. The molecule has 2 aromatic rings. The number of hydrogen-bond acceptors (Lipinski definition) is 3. The summed E-state index contributed by atoms with van der Waals surface area (Å²) in [6.07, 6.45) is 0.896. The summed E-state index contributed by atoms with van der Waals surface area (Å²) in [5, 5.41) is 5.32. The fourth-order valence-corrected chi connectivity index (χ4v) is 3.16. The molecule has 5 nitrogen and oxygen atoms in total. The van der Waals surface area contributed by atoms with Crippen molar-refractivity contribution < 1.29 is 18.0 Å². The third-order valence-electron chi connectivity index (χ3n) is 4.70. The Labute approximate surface area is 173 Å². The zero-order chi connectivity index (χ0) is 21.4. The molecule has 2 amide bonds. The van der Waals surface area contributed by atoms with Gasteiger partial charge in [-0.15, -0.1) is 0 Å². The van der Waals surface area contributed by atoms with E-state index in [1.54, 1.807) is 6.20 Å². The van der Waals surface area contributed by atoms with Gasteiger partial charge in [0.15, 0.2) is 0 Å². The van der Waals surface area contributed by atoms with Gasteiger partial charge in [-0.2, -0.15) is 13.2 Å². The maximum Gasteiger partial charge on any atom is 0.416 e. The molecule has 0 aliphatic carbocycles. The zero-order valence-corrected chi connectivity index (χ0v) is 16.4. The molecule has 0 unspecified atom stereocenters. The largest absolute Gasteiger partial charge is 0.416 e. The van der Waals surface area contributed by atoms with Crippen LogP contribution in [0.5, 0.6) is 0 Å². The van der Waals surface area contributed by atoms with Crippen LogP contribution in [-0.4, -0.2) is 30.6 Å². The fourth-order valence-electron chi connectivity index (χ4n) is 3.16. The van der Waals surface area contributed by atoms with Crippen molar-refractivity contribution >= 4 is 11.8 Å². The molecule has 158 valence electrons. The van der Waals surface area contributed by atoms with Crippen LogP contribution in [0.4, 0.5) is 23.8 Å². The molecule has 0 saturated carbocycles. The molecule has 3 rings (SSSR count). The van der Waals surface area contributed by atoms with Crippen LogP contribution in [0, 0.1) is 11.8 Å². The van der Waals surface area contributed by atoms with Crippen LogP contribution < -0.4 is 15.5 Å². The number of nitrogens with one attached hydrogen (secondary N) is 2. The second kappa shape index (κ2) is 10.0. The van der Waals surface area contributed by atoms with Gasteiger partial charge in [0.25, 0.3) is 0 Å². The van der Waals surface area contributed by atoms with Crippen LogP contribution in [-0.2, 0) is 12.7 Å². The summed E-state index contributed by atoms with van der Waals surface area (Å²) in [5.41, 5.74) is 0.436. The van der Waals surface area contributed by atoms with Gasteiger partial charge in [0.1, 0.15) is 5.82 Å². The van der Waals surface area contributed by atoms with E-state index in [0.29, 0.717) is 6.54 Å². The smallest absolute Gasteiger partial charge is 0.357 e. The van der Waals surface area contributed by atoms with Crippen molar-refractivity contribution in [3.05, 3.63) is 59.3 Å². The Morgan fingerprint density at radius 3 is 2.67 bits per heavy atom. The summed E-state index contributed by atoms with van der Waals surface area (Å²) >= 11 is 0. The number of pyridine rings is 1. The number of carbonyl (C=O) groups is 1. The quantitative estimate of drug-likeness (QED) is 0.743. The molecule has 1 saturated heterocycles. The number of hydrogen-bond donors (Lipinski definition) is 2. The topological polar surface area (TPSA) is 57.3 Å². The number of aromatic nitrogens is 1. The van der Waals surface area contributed by atoms with Gasteiger partial charge in [0, 0.05) is 31.4 Å². The highest BCUT2D eigenvalue weighted by molar-refractivity contribution is 5.74. The van der Waals surface area contributed by atoms with Crippen molar-refractivity contribution in [2.45, 2.75) is 32.0 Å². The Kier molecular flexibility index (Phi) is 7.17. The zero-order valence-electron chi connectivity index (χ0n) is 16.4.